The monoisotopic (exact) mass is 302 g/mol. The molecule has 3 rings (SSSR count). The standard InChI is InChI=1S/C17H19ClN2O/c18-15-8-4-3-7-14(15)16(20-19)11-17-13-6-2-1-5-12(13)9-10-21-17/h1-8,16-17,20H,9-11,19H2. The highest BCUT2D eigenvalue weighted by Gasteiger charge is 2.25. The maximum atomic E-state index is 6.28. The van der Waals surface area contributed by atoms with Crippen LogP contribution in [0.2, 0.25) is 5.02 Å². The molecule has 0 aliphatic carbocycles. The van der Waals surface area contributed by atoms with Crippen LogP contribution in [0.5, 0.6) is 0 Å². The third-order valence-electron chi connectivity index (χ3n) is 4.02. The molecule has 1 aliphatic rings. The van der Waals surface area contributed by atoms with Crippen LogP contribution in [0.25, 0.3) is 0 Å². The molecule has 0 aromatic heterocycles. The van der Waals surface area contributed by atoms with E-state index in [-0.39, 0.29) is 12.1 Å². The molecule has 1 heterocycles. The first kappa shape index (κ1) is 14.5. The highest BCUT2D eigenvalue weighted by Crippen LogP contribution is 2.35. The van der Waals surface area contributed by atoms with E-state index >= 15 is 0 Å². The van der Waals surface area contributed by atoms with Crippen molar-refractivity contribution < 1.29 is 4.74 Å². The molecule has 0 amide bonds. The van der Waals surface area contributed by atoms with Crippen LogP contribution >= 0.6 is 11.6 Å². The van der Waals surface area contributed by atoms with Crippen LogP contribution in [0.15, 0.2) is 48.5 Å². The number of hydrazine groups is 1. The Kier molecular flexibility index (Phi) is 4.56. The lowest BCUT2D eigenvalue weighted by atomic mass is 9.91. The van der Waals surface area contributed by atoms with Crippen molar-refractivity contribution in [3.8, 4) is 0 Å². The summed E-state index contributed by atoms with van der Waals surface area (Å²) < 4.78 is 5.96. The largest absolute Gasteiger partial charge is 0.373 e. The summed E-state index contributed by atoms with van der Waals surface area (Å²) in [4.78, 5) is 0. The van der Waals surface area contributed by atoms with E-state index < -0.39 is 0 Å². The van der Waals surface area contributed by atoms with Crippen LogP contribution in [0.1, 0.15) is 35.3 Å². The summed E-state index contributed by atoms with van der Waals surface area (Å²) in [7, 11) is 0. The van der Waals surface area contributed by atoms with E-state index in [2.05, 4.69) is 29.7 Å². The number of benzene rings is 2. The number of nitrogens with two attached hydrogens (primary N) is 1. The van der Waals surface area contributed by atoms with Crippen molar-refractivity contribution >= 4 is 11.6 Å². The second-order valence-electron chi connectivity index (χ2n) is 5.28. The first-order valence-electron chi connectivity index (χ1n) is 7.19. The normalized spacial score (nSPS) is 19.0. The molecule has 0 saturated heterocycles. The predicted octanol–water partition coefficient (Wildman–Crippen LogP) is 3.55. The van der Waals surface area contributed by atoms with Crippen molar-refractivity contribution in [1.82, 2.24) is 5.43 Å². The van der Waals surface area contributed by atoms with E-state index in [0.717, 1.165) is 30.0 Å². The molecule has 0 fully saturated rings. The average Bonchev–Trinajstić information content (AvgIpc) is 2.53. The van der Waals surface area contributed by atoms with Gasteiger partial charge in [0.05, 0.1) is 18.8 Å². The molecule has 0 radical (unpaired) electrons. The van der Waals surface area contributed by atoms with Crippen LogP contribution in [-0.4, -0.2) is 6.61 Å². The third kappa shape index (κ3) is 3.11. The van der Waals surface area contributed by atoms with Crippen LogP contribution in [-0.2, 0) is 11.2 Å². The first-order valence-corrected chi connectivity index (χ1v) is 7.57. The predicted molar refractivity (Wildman–Crippen MR) is 85.0 cm³/mol. The fraction of sp³-hybridized carbons (Fsp3) is 0.294. The van der Waals surface area contributed by atoms with Gasteiger partial charge in [-0.05, 0) is 35.6 Å². The molecule has 2 aromatic rings. The minimum Gasteiger partial charge on any atom is -0.373 e. The van der Waals surface area contributed by atoms with Gasteiger partial charge in [-0.2, -0.15) is 0 Å². The number of hydrogen-bond acceptors (Lipinski definition) is 3. The lowest BCUT2D eigenvalue weighted by molar-refractivity contribution is 0.0293. The van der Waals surface area contributed by atoms with Gasteiger partial charge in [0.15, 0.2) is 0 Å². The molecule has 0 saturated carbocycles. The average molecular weight is 303 g/mol. The molecule has 3 N–H and O–H groups in total. The highest BCUT2D eigenvalue weighted by molar-refractivity contribution is 6.31. The Balaban J connectivity index is 1.84. The number of fused-ring (bicyclic) bond motifs is 1. The number of ether oxygens (including phenoxy) is 1. The fourth-order valence-electron chi connectivity index (χ4n) is 2.93. The van der Waals surface area contributed by atoms with Gasteiger partial charge in [0, 0.05) is 5.02 Å². The van der Waals surface area contributed by atoms with Gasteiger partial charge in [-0.1, -0.05) is 54.1 Å². The van der Waals surface area contributed by atoms with E-state index in [4.69, 9.17) is 22.2 Å². The minimum atomic E-state index is -0.0325. The van der Waals surface area contributed by atoms with Crippen LogP contribution in [0.4, 0.5) is 0 Å². The summed E-state index contributed by atoms with van der Waals surface area (Å²) in [5.41, 5.74) is 6.51. The number of nitrogens with one attached hydrogen (secondary N) is 1. The van der Waals surface area contributed by atoms with Gasteiger partial charge in [0.1, 0.15) is 0 Å². The Morgan fingerprint density at radius 2 is 1.95 bits per heavy atom. The van der Waals surface area contributed by atoms with E-state index in [9.17, 15) is 0 Å². The molecular formula is C17H19ClN2O. The topological polar surface area (TPSA) is 47.3 Å². The quantitative estimate of drug-likeness (QED) is 0.671. The van der Waals surface area contributed by atoms with Crippen molar-refractivity contribution in [2.75, 3.05) is 6.61 Å². The molecule has 2 atom stereocenters. The Bertz CT molecular complexity index is 617. The molecule has 1 aliphatic heterocycles. The maximum absolute atomic E-state index is 6.28. The van der Waals surface area contributed by atoms with E-state index in [0.29, 0.717) is 0 Å². The summed E-state index contributed by atoms with van der Waals surface area (Å²) in [6.07, 6.45) is 1.78. The van der Waals surface area contributed by atoms with E-state index in [1.165, 1.54) is 11.1 Å². The Morgan fingerprint density at radius 3 is 2.76 bits per heavy atom. The second kappa shape index (κ2) is 6.58. The summed E-state index contributed by atoms with van der Waals surface area (Å²) in [6.45, 7) is 0.751. The molecule has 2 aromatic carbocycles. The van der Waals surface area contributed by atoms with Gasteiger partial charge < -0.3 is 4.74 Å². The molecule has 4 heteroatoms. The SMILES string of the molecule is NNC(CC1OCCc2ccccc21)c1ccccc1Cl. The van der Waals surface area contributed by atoms with Crippen molar-refractivity contribution in [3.63, 3.8) is 0 Å². The fourth-order valence-corrected chi connectivity index (χ4v) is 3.20. The second-order valence-corrected chi connectivity index (χ2v) is 5.69. The van der Waals surface area contributed by atoms with Crippen LogP contribution in [0, 0.1) is 0 Å². The zero-order chi connectivity index (χ0) is 14.7. The van der Waals surface area contributed by atoms with Crippen LogP contribution < -0.4 is 11.3 Å². The first-order chi connectivity index (χ1) is 10.3. The van der Waals surface area contributed by atoms with E-state index in [1.807, 2.05) is 24.3 Å². The van der Waals surface area contributed by atoms with Gasteiger partial charge >= 0.3 is 0 Å². The Labute approximate surface area is 130 Å². The number of rotatable bonds is 4. The molecule has 21 heavy (non-hydrogen) atoms. The number of halogens is 1. The number of hydrogen-bond donors (Lipinski definition) is 2. The minimum absolute atomic E-state index is 0.0325. The summed E-state index contributed by atoms with van der Waals surface area (Å²) in [5, 5.41) is 0.726. The summed E-state index contributed by atoms with van der Waals surface area (Å²) in [6, 6.07) is 16.2. The highest BCUT2D eigenvalue weighted by atomic mass is 35.5. The molecule has 0 spiro atoms. The molecule has 0 bridgehead atoms. The lowest BCUT2D eigenvalue weighted by Gasteiger charge is -2.29. The summed E-state index contributed by atoms with van der Waals surface area (Å²) in [5.74, 6) is 5.75. The van der Waals surface area contributed by atoms with Crippen molar-refractivity contribution in [2.24, 2.45) is 5.84 Å². The van der Waals surface area contributed by atoms with Crippen molar-refractivity contribution in [2.45, 2.75) is 25.0 Å². The zero-order valence-corrected chi connectivity index (χ0v) is 12.5. The molecular weight excluding hydrogens is 284 g/mol. The molecule has 110 valence electrons. The third-order valence-corrected chi connectivity index (χ3v) is 4.37. The molecule has 3 nitrogen and oxygen atoms in total. The zero-order valence-electron chi connectivity index (χ0n) is 11.8. The van der Waals surface area contributed by atoms with Crippen LogP contribution in [0.3, 0.4) is 0 Å². The maximum Gasteiger partial charge on any atom is 0.0846 e. The molecule has 2 unspecified atom stereocenters. The van der Waals surface area contributed by atoms with Crippen molar-refractivity contribution in [3.05, 3.63) is 70.2 Å². The smallest absolute Gasteiger partial charge is 0.0846 e. The lowest BCUT2D eigenvalue weighted by Crippen LogP contribution is -2.31. The van der Waals surface area contributed by atoms with Gasteiger partial charge in [-0.15, -0.1) is 0 Å². The van der Waals surface area contributed by atoms with Crippen molar-refractivity contribution in [1.29, 1.82) is 0 Å². The van der Waals surface area contributed by atoms with Gasteiger partial charge in [0.2, 0.25) is 0 Å². The van der Waals surface area contributed by atoms with Gasteiger partial charge in [-0.25, -0.2) is 0 Å². The summed E-state index contributed by atoms with van der Waals surface area (Å²) >= 11 is 6.28. The van der Waals surface area contributed by atoms with Gasteiger partial charge in [-0.3, -0.25) is 11.3 Å². The van der Waals surface area contributed by atoms with E-state index in [1.54, 1.807) is 0 Å². The van der Waals surface area contributed by atoms with Gasteiger partial charge in [0.25, 0.3) is 0 Å². The Morgan fingerprint density at radius 1 is 1.19 bits per heavy atom. The Hall–Kier alpha value is -1.39.